The maximum absolute atomic E-state index is 9.93. The molecule has 0 aliphatic carbocycles. The van der Waals surface area contributed by atoms with Gasteiger partial charge in [0.1, 0.15) is 34.9 Å². The summed E-state index contributed by atoms with van der Waals surface area (Å²) in [5.41, 5.74) is -0.896. The number of oxime groups is 1. The van der Waals surface area contributed by atoms with Gasteiger partial charge in [0.25, 0.3) is 0 Å². The van der Waals surface area contributed by atoms with Gasteiger partial charge < -0.3 is 30.4 Å². The smallest absolute Gasteiger partial charge is 0.138 e. The van der Waals surface area contributed by atoms with Crippen molar-refractivity contribution in [2.45, 2.75) is 55.5 Å². The molecule has 1 heterocycles. The molecule has 5 N–H and O–H groups in total. The van der Waals surface area contributed by atoms with E-state index < -0.39 is 36.5 Å². The largest absolute Gasteiger partial charge is 0.410 e. The Labute approximate surface area is 138 Å². The lowest BCUT2D eigenvalue weighted by Gasteiger charge is -2.39. The Morgan fingerprint density at radius 2 is 1.82 bits per heavy atom. The Hall–Kier alpha value is -0.0300. The highest BCUT2D eigenvalue weighted by Crippen LogP contribution is 2.30. The van der Waals surface area contributed by atoms with Crippen LogP contribution in [0, 0.1) is 0 Å². The molecule has 0 spiro atoms. The minimum atomic E-state index is -1.41. The van der Waals surface area contributed by atoms with Crippen molar-refractivity contribution in [1.29, 1.82) is 0 Å². The van der Waals surface area contributed by atoms with Gasteiger partial charge in [-0.2, -0.15) is 11.8 Å². The molecule has 5 unspecified atom stereocenters. The minimum Gasteiger partial charge on any atom is -0.410 e. The Morgan fingerprint density at radius 3 is 2.41 bits per heavy atom. The lowest BCUT2D eigenvalue weighted by atomic mass is 10.0. The van der Waals surface area contributed by atoms with E-state index in [2.05, 4.69) is 11.4 Å². The van der Waals surface area contributed by atoms with Crippen molar-refractivity contribution in [1.82, 2.24) is 0 Å². The second kappa shape index (κ2) is 10.7. The first-order chi connectivity index (χ1) is 10.5. The molecule has 1 aliphatic heterocycles. The zero-order valence-corrected chi connectivity index (χ0v) is 14.2. The molecule has 0 amide bonds. The summed E-state index contributed by atoms with van der Waals surface area (Å²) >= 11 is 2.79. The van der Waals surface area contributed by atoms with E-state index in [0.29, 0.717) is 11.5 Å². The van der Waals surface area contributed by atoms with Gasteiger partial charge in [-0.05, 0) is 31.3 Å². The fraction of sp³-hybridized carbons (Fsp3) is 0.923. The second-order valence-corrected chi connectivity index (χ2v) is 7.27. The first-order valence-electron chi connectivity index (χ1n) is 7.22. The fourth-order valence-corrected chi connectivity index (χ4v) is 3.70. The molecule has 0 bridgehead atoms. The van der Waals surface area contributed by atoms with Gasteiger partial charge in [0.05, 0.1) is 6.61 Å². The van der Waals surface area contributed by atoms with E-state index in [9.17, 15) is 15.3 Å². The highest BCUT2D eigenvalue weighted by molar-refractivity contribution is 8.14. The fourth-order valence-electron chi connectivity index (χ4n) is 2.13. The average molecular weight is 355 g/mol. The molecule has 0 aromatic carbocycles. The number of hydrogen-bond acceptors (Lipinski definition) is 9. The van der Waals surface area contributed by atoms with Crippen LogP contribution in [0.5, 0.6) is 0 Å². The zero-order chi connectivity index (χ0) is 16.5. The zero-order valence-electron chi connectivity index (χ0n) is 12.5. The van der Waals surface area contributed by atoms with Crippen LogP contribution in [-0.2, 0) is 4.74 Å². The molecule has 130 valence electrons. The van der Waals surface area contributed by atoms with Crippen LogP contribution in [0.4, 0.5) is 0 Å². The Bertz CT molecular complexity index is 344. The number of aliphatic hydroxyl groups is 4. The summed E-state index contributed by atoms with van der Waals surface area (Å²) in [6.45, 7) is -0.470. The third-order valence-electron chi connectivity index (χ3n) is 3.45. The minimum absolute atomic E-state index is 0.397. The maximum Gasteiger partial charge on any atom is 0.138 e. The number of unbranched alkanes of at least 4 members (excludes halogenated alkanes) is 2. The number of aliphatic hydroxyl groups excluding tert-OH is 4. The summed E-state index contributed by atoms with van der Waals surface area (Å²) in [7, 11) is 0. The van der Waals surface area contributed by atoms with Crippen LogP contribution < -0.4 is 0 Å². The van der Waals surface area contributed by atoms with E-state index in [1.165, 1.54) is 0 Å². The number of nitrogens with zero attached hydrogens (tertiary/aromatic N) is 1. The molecule has 1 saturated heterocycles. The van der Waals surface area contributed by atoms with Gasteiger partial charge in [-0.15, -0.1) is 0 Å². The number of hydrogen-bond donors (Lipinski definition) is 5. The van der Waals surface area contributed by atoms with Crippen LogP contribution in [0.2, 0.25) is 0 Å². The van der Waals surface area contributed by atoms with Crippen LogP contribution in [0.1, 0.15) is 25.7 Å². The van der Waals surface area contributed by atoms with Crippen LogP contribution in [0.15, 0.2) is 5.16 Å². The summed E-state index contributed by atoms with van der Waals surface area (Å²) in [5.74, 6) is 1.09. The molecular formula is C13H25NO6S2. The van der Waals surface area contributed by atoms with Crippen molar-refractivity contribution in [3.05, 3.63) is 0 Å². The highest BCUT2D eigenvalue weighted by Gasteiger charge is 2.44. The third kappa shape index (κ3) is 5.88. The molecule has 0 saturated carbocycles. The Morgan fingerprint density at radius 1 is 1.09 bits per heavy atom. The summed E-state index contributed by atoms with van der Waals surface area (Å²) in [6, 6.07) is 0. The normalized spacial score (nSPS) is 33.1. The van der Waals surface area contributed by atoms with Gasteiger partial charge in [-0.25, -0.2) is 0 Å². The van der Waals surface area contributed by atoms with E-state index in [1.54, 1.807) is 11.8 Å². The molecule has 0 aromatic rings. The predicted octanol–water partition coefficient (Wildman–Crippen LogP) is 0.231. The summed E-state index contributed by atoms with van der Waals surface area (Å²) < 4.78 is 5.37. The van der Waals surface area contributed by atoms with Crippen LogP contribution in [-0.4, -0.2) is 79.1 Å². The monoisotopic (exact) mass is 355 g/mol. The van der Waals surface area contributed by atoms with Crippen molar-refractivity contribution >= 4 is 28.6 Å². The average Bonchev–Trinajstić information content (AvgIpc) is 2.53. The predicted molar refractivity (Wildman–Crippen MR) is 87.4 cm³/mol. The van der Waals surface area contributed by atoms with Crippen molar-refractivity contribution in [2.75, 3.05) is 18.6 Å². The quantitative estimate of drug-likeness (QED) is 0.138. The van der Waals surface area contributed by atoms with E-state index >= 15 is 0 Å². The molecule has 0 aromatic heterocycles. The Kier molecular flexibility index (Phi) is 9.73. The van der Waals surface area contributed by atoms with E-state index in [0.717, 1.165) is 36.8 Å². The lowest BCUT2D eigenvalue weighted by Crippen LogP contribution is -2.57. The van der Waals surface area contributed by atoms with Gasteiger partial charge in [0.15, 0.2) is 0 Å². The molecular weight excluding hydrogens is 330 g/mol. The molecule has 1 aliphatic rings. The first kappa shape index (κ1) is 20.0. The van der Waals surface area contributed by atoms with E-state index in [1.807, 2.05) is 0 Å². The molecule has 1 fully saturated rings. The van der Waals surface area contributed by atoms with Gasteiger partial charge >= 0.3 is 0 Å². The summed E-state index contributed by atoms with van der Waals surface area (Å²) in [5, 5.41) is 51.1. The maximum atomic E-state index is 9.93. The Balaban J connectivity index is 2.48. The van der Waals surface area contributed by atoms with Crippen LogP contribution in [0.25, 0.3) is 0 Å². The standard InChI is InChI=1S/C13H25NO6S2/c1-21-6-4-2-3-5-9(14-19)22-13-12(18)11(17)10(16)8(7-15)20-13/h8,10-13,15-19H,2-7H2,1H3. The molecule has 1 rings (SSSR count). The molecule has 7 nitrogen and oxygen atoms in total. The van der Waals surface area contributed by atoms with E-state index in [4.69, 9.17) is 15.1 Å². The molecule has 0 radical (unpaired) electrons. The van der Waals surface area contributed by atoms with E-state index in [-0.39, 0.29) is 0 Å². The molecule has 22 heavy (non-hydrogen) atoms. The first-order valence-corrected chi connectivity index (χ1v) is 9.49. The third-order valence-corrected chi connectivity index (χ3v) is 5.33. The van der Waals surface area contributed by atoms with Crippen molar-refractivity contribution in [3.8, 4) is 0 Å². The summed E-state index contributed by atoms with van der Waals surface area (Å²) in [4.78, 5) is 0. The van der Waals surface area contributed by atoms with Gasteiger partial charge in [-0.3, -0.25) is 0 Å². The number of rotatable bonds is 8. The van der Waals surface area contributed by atoms with Crippen LogP contribution in [0.3, 0.4) is 0 Å². The SMILES string of the molecule is CSCCCCCC(=NO)SC1OC(CO)C(O)C(O)C1O. The van der Waals surface area contributed by atoms with Gasteiger partial charge in [0, 0.05) is 0 Å². The van der Waals surface area contributed by atoms with Crippen molar-refractivity contribution in [3.63, 3.8) is 0 Å². The molecule has 5 atom stereocenters. The highest BCUT2D eigenvalue weighted by atomic mass is 32.2. The van der Waals surface area contributed by atoms with Gasteiger partial charge in [-0.1, -0.05) is 23.3 Å². The van der Waals surface area contributed by atoms with Crippen molar-refractivity contribution < 1.29 is 30.4 Å². The van der Waals surface area contributed by atoms with Crippen molar-refractivity contribution in [2.24, 2.45) is 5.16 Å². The topological polar surface area (TPSA) is 123 Å². The number of thioether (sulfide) groups is 2. The summed E-state index contributed by atoms with van der Waals surface area (Å²) in [6.07, 6.45) is 0.487. The second-order valence-electron chi connectivity index (χ2n) is 5.11. The number of ether oxygens (including phenoxy) is 1. The van der Waals surface area contributed by atoms with Gasteiger partial charge in [0.2, 0.25) is 0 Å². The van der Waals surface area contributed by atoms with Crippen LogP contribution >= 0.6 is 23.5 Å². The lowest BCUT2D eigenvalue weighted by molar-refractivity contribution is -0.205. The molecule has 9 heteroatoms.